The van der Waals surface area contributed by atoms with Crippen LogP contribution in [-0.2, 0) is 6.42 Å². The summed E-state index contributed by atoms with van der Waals surface area (Å²) in [6, 6.07) is 12.9. The first kappa shape index (κ1) is 15.7. The highest BCUT2D eigenvalue weighted by Gasteiger charge is 2.12. The number of benzene rings is 2. The van der Waals surface area contributed by atoms with Gasteiger partial charge in [-0.15, -0.1) is 0 Å². The third-order valence-corrected chi connectivity index (χ3v) is 4.04. The third kappa shape index (κ3) is 3.68. The summed E-state index contributed by atoms with van der Waals surface area (Å²) < 4.78 is 0.745. The van der Waals surface area contributed by atoms with Gasteiger partial charge in [-0.05, 0) is 52.2 Å². The summed E-state index contributed by atoms with van der Waals surface area (Å²) >= 11 is 8.35. The summed E-state index contributed by atoms with van der Waals surface area (Å²) in [5.74, 6) is -0.128. The molecule has 3 N–H and O–H groups in total. The molecule has 2 aromatic carbocycles. The van der Waals surface area contributed by atoms with Gasteiger partial charge < -0.3 is 11.1 Å². The third-order valence-electron chi connectivity index (χ3n) is 3.14. The van der Waals surface area contributed by atoms with Gasteiger partial charge in [0.15, 0.2) is 0 Å². The lowest BCUT2D eigenvalue weighted by molar-refractivity contribution is 0.102. The van der Waals surface area contributed by atoms with Crippen LogP contribution in [0, 0.1) is 0 Å². The van der Waals surface area contributed by atoms with Crippen molar-refractivity contribution in [3.05, 3.63) is 63.6 Å². The molecule has 2 aromatic rings. The fraction of sp³-hybridized carbons (Fsp3) is 0.125. The Bertz CT molecular complexity index is 700. The molecular formula is C16H15BrN2OS. The second-order valence-electron chi connectivity index (χ2n) is 4.52. The minimum absolute atomic E-state index is 0.128. The second-order valence-corrected chi connectivity index (χ2v) is 5.82. The number of amides is 1. The Morgan fingerprint density at radius 2 is 2.00 bits per heavy atom. The number of rotatable bonds is 4. The van der Waals surface area contributed by atoms with Gasteiger partial charge in [0.05, 0.1) is 5.69 Å². The standard InChI is InChI=1S/C16H15BrN2OS/c1-2-10-5-3-4-6-12(10)16(20)19-14-8-7-11(15(18)21)9-13(14)17/h3-9H,2H2,1H3,(H2,18,21)(H,19,20). The van der Waals surface area contributed by atoms with E-state index < -0.39 is 0 Å². The van der Waals surface area contributed by atoms with Crippen LogP contribution in [0.4, 0.5) is 5.69 Å². The zero-order valence-electron chi connectivity index (χ0n) is 11.5. The molecule has 2 rings (SSSR count). The summed E-state index contributed by atoms with van der Waals surface area (Å²) in [6.07, 6.45) is 0.811. The molecule has 5 heteroatoms. The Morgan fingerprint density at radius 1 is 1.29 bits per heavy atom. The molecule has 108 valence electrons. The van der Waals surface area contributed by atoms with Crippen molar-refractivity contribution in [2.24, 2.45) is 5.73 Å². The topological polar surface area (TPSA) is 55.1 Å². The molecule has 0 aromatic heterocycles. The highest BCUT2D eigenvalue weighted by molar-refractivity contribution is 9.10. The first-order chi connectivity index (χ1) is 10.0. The molecule has 0 saturated heterocycles. The van der Waals surface area contributed by atoms with Crippen molar-refractivity contribution < 1.29 is 4.79 Å². The van der Waals surface area contributed by atoms with Crippen LogP contribution < -0.4 is 11.1 Å². The van der Waals surface area contributed by atoms with Gasteiger partial charge in [-0.2, -0.15) is 0 Å². The van der Waals surface area contributed by atoms with Gasteiger partial charge >= 0.3 is 0 Å². The number of aryl methyl sites for hydroxylation is 1. The molecule has 0 unspecified atom stereocenters. The van der Waals surface area contributed by atoms with Crippen molar-refractivity contribution >= 4 is 44.7 Å². The van der Waals surface area contributed by atoms with E-state index in [9.17, 15) is 4.79 Å². The van der Waals surface area contributed by atoms with Gasteiger partial charge in [-0.1, -0.05) is 37.3 Å². The summed E-state index contributed by atoms with van der Waals surface area (Å²) in [5.41, 5.74) is 8.73. The number of anilines is 1. The summed E-state index contributed by atoms with van der Waals surface area (Å²) in [5, 5.41) is 2.90. The van der Waals surface area contributed by atoms with Gasteiger partial charge in [0.25, 0.3) is 5.91 Å². The molecular weight excluding hydrogens is 348 g/mol. The van der Waals surface area contributed by atoms with Crippen LogP contribution in [0.5, 0.6) is 0 Å². The summed E-state index contributed by atoms with van der Waals surface area (Å²) in [4.78, 5) is 12.7. The molecule has 0 atom stereocenters. The number of halogens is 1. The second kappa shape index (κ2) is 6.83. The predicted octanol–water partition coefficient (Wildman–Crippen LogP) is 3.90. The Morgan fingerprint density at radius 3 is 2.62 bits per heavy atom. The van der Waals surface area contributed by atoms with E-state index in [0.717, 1.165) is 22.0 Å². The van der Waals surface area contributed by atoms with E-state index in [1.165, 1.54) is 0 Å². The molecule has 0 heterocycles. The smallest absolute Gasteiger partial charge is 0.255 e. The average Bonchev–Trinajstić information content (AvgIpc) is 2.48. The average molecular weight is 363 g/mol. The maximum absolute atomic E-state index is 12.4. The number of nitrogens with two attached hydrogens (primary N) is 1. The quantitative estimate of drug-likeness (QED) is 0.811. The van der Waals surface area contributed by atoms with Gasteiger partial charge in [-0.25, -0.2) is 0 Å². The van der Waals surface area contributed by atoms with Crippen LogP contribution in [0.15, 0.2) is 46.9 Å². The van der Waals surface area contributed by atoms with E-state index in [2.05, 4.69) is 21.2 Å². The number of thiocarbonyl (C=S) groups is 1. The van der Waals surface area contributed by atoms with E-state index in [4.69, 9.17) is 18.0 Å². The molecule has 0 bridgehead atoms. The molecule has 3 nitrogen and oxygen atoms in total. The molecule has 0 aliphatic heterocycles. The van der Waals surface area contributed by atoms with Crippen LogP contribution in [0.2, 0.25) is 0 Å². The predicted molar refractivity (Wildman–Crippen MR) is 93.8 cm³/mol. The molecule has 1 amide bonds. The number of carbonyl (C=O) groups is 1. The van der Waals surface area contributed by atoms with Crippen molar-refractivity contribution in [2.45, 2.75) is 13.3 Å². The molecule has 21 heavy (non-hydrogen) atoms. The van der Waals surface area contributed by atoms with Crippen LogP contribution in [0.25, 0.3) is 0 Å². The Balaban J connectivity index is 2.26. The lowest BCUT2D eigenvalue weighted by Gasteiger charge is -2.11. The monoisotopic (exact) mass is 362 g/mol. The minimum Gasteiger partial charge on any atom is -0.389 e. The maximum atomic E-state index is 12.4. The highest BCUT2D eigenvalue weighted by atomic mass is 79.9. The van der Waals surface area contributed by atoms with Gasteiger partial charge in [0.2, 0.25) is 0 Å². The van der Waals surface area contributed by atoms with E-state index in [1.54, 1.807) is 18.2 Å². The fourth-order valence-corrected chi connectivity index (χ4v) is 2.61. The van der Waals surface area contributed by atoms with Crippen molar-refractivity contribution in [2.75, 3.05) is 5.32 Å². The van der Waals surface area contributed by atoms with Gasteiger partial charge in [0.1, 0.15) is 4.99 Å². The molecule has 0 fully saturated rings. The first-order valence-corrected chi connectivity index (χ1v) is 7.71. The van der Waals surface area contributed by atoms with Crippen molar-refractivity contribution in [3.8, 4) is 0 Å². The van der Waals surface area contributed by atoms with Gasteiger partial charge in [-0.3, -0.25) is 4.79 Å². The van der Waals surface area contributed by atoms with E-state index in [-0.39, 0.29) is 5.91 Å². The molecule has 0 aliphatic carbocycles. The van der Waals surface area contributed by atoms with Crippen LogP contribution >= 0.6 is 28.1 Å². The number of hydrogen-bond donors (Lipinski definition) is 2. The SMILES string of the molecule is CCc1ccccc1C(=O)Nc1ccc(C(N)=S)cc1Br. The zero-order valence-corrected chi connectivity index (χ0v) is 13.9. The largest absolute Gasteiger partial charge is 0.389 e. The molecule has 0 aliphatic rings. The zero-order chi connectivity index (χ0) is 15.4. The van der Waals surface area contributed by atoms with E-state index in [0.29, 0.717) is 16.2 Å². The normalized spacial score (nSPS) is 10.2. The lowest BCUT2D eigenvalue weighted by atomic mass is 10.0. The van der Waals surface area contributed by atoms with Crippen LogP contribution in [0.1, 0.15) is 28.4 Å². The van der Waals surface area contributed by atoms with Crippen molar-refractivity contribution in [1.82, 2.24) is 0 Å². The Labute approximate surface area is 137 Å². The van der Waals surface area contributed by atoms with E-state index in [1.807, 2.05) is 31.2 Å². The van der Waals surface area contributed by atoms with Crippen molar-refractivity contribution in [1.29, 1.82) is 0 Å². The summed E-state index contributed by atoms with van der Waals surface area (Å²) in [6.45, 7) is 2.03. The number of nitrogens with one attached hydrogen (secondary N) is 1. The Kier molecular flexibility index (Phi) is 5.09. The minimum atomic E-state index is -0.128. The van der Waals surface area contributed by atoms with Gasteiger partial charge in [0, 0.05) is 15.6 Å². The van der Waals surface area contributed by atoms with E-state index >= 15 is 0 Å². The molecule has 0 spiro atoms. The van der Waals surface area contributed by atoms with Crippen molar-refractivity contribution in [3.63, 3.8) is 0 Å². The molecule has 0 radical (unpaired) electrons. The fourth-order valence-electron chi connectivity index (χ4n) is 2.01. The van der Waals surface area contributed by atoms with Crippen LogP contribution in [-0.4, -0.2) is 10.9 Å². The highest BCUT2D eigenvalue weighted by Crippen LogP contribution is 2.24. The Hall–Kier alpha value is -1.72. The van der Waals surface area contributed by atoms with Crippen LogP contribution in [0.3, 0.4) is 0 Å². The number of hydrogen-bond acceptors (Lipinski definition) is 2. The molecule has 0 saturated carbocycles. The maximum Gasteiger partial charge on any atom is 0.255 e. The first-order valence-electron chi connectivity index (χ1n) is 6.51. The number of carbonyl (C=O) groups excluding carboxylic acids is 1. The summed E-state index contributed by atoms with van der Waals surface area (Å²) in [7, 11) is 0. The lowest BCUT2D eigenvalue weighted by Crippen LogP contribution is -2.15.